The fourth-order valence-electron chi connectivity index (χ4n) is 3.60. The molecule has 0 spiro atoms. The van der Waals surface area contributed by atoms with E-state index in [0.717, 1.165) is 11.3 Å². The van der Waals surface area contributed by atoms with Crippen LogP contribution in [-0.4, -0.2) is 36.7 Å². The normalized spacial score (nSPS) is 11.3. The minimum absolute atomic E-state index is 0.326. The summed E-state index contributed by atoms with van der Waals surface area (Å²) >= 11 is 0. The molecule has 2 aromatic heterocycles. The van der Waals surface area contributed by atoms with Gasteiger partial charge in [0.15, 0.2) is 5.82 Å². The molecule has 9 nitrogen and oxygen atoms in total. The van der Waals surface area contributed by atoms with Crippen molar-refractivity contribution in [1.29, 1.82) is 0 Å². The summed E-state index contributed by atoms with van der Waals surface area (Å²) in [6.45, 7) is 2.00. The van der Waals surface area contributed by atoms with Gasteiger partial charge in [0.05, 0.1) is 5.69 Å². The second kappa shape index (κ2) is 10.1. The van der Waals surface area contributed by atoms with Gasteiger partial charge >= 0.3 is 12.4 Å². The van der Waals surface area contributed by atoms with E-state index in [-0.39, 0.29) is 5.75 Å². The molecule has 2 amide bonds. The number of rotatable bonds is 6. The largest absolute Gasteiger partial charge is 0.573 e. The Bertz CT molecular complexity index is 1540. The van der Waals surface area contributed by atoms with Crippen molar-refractivity contribution >= 4 is 17.7 Å². The average molecular weight is 519 g/mol. The number of carbonyl (C=O) groups excluding carboxylic acids is 1. The molecule has 2 heterocycles. The maximum Gasteiger partial charge on any atom is 0.573 e. The molecular formula is C26H20F3N7O2. The summed E-state index contributed by atoms with van der Waals surface area (Å²) in [5.41, 5.74) is 3.73. The number of carbonyl (C=O) groups is 1. The third kappa shape index (κ3) is 5.81. The number of benzene rings is 3. The maximum absolute atomic E-state index is 12.6. The van der Waals surface area contributed by atoms with Gasteiger partial charge in [-0.1, -0.05) is 17.7 Å². The Morgan fingerprint density at radius 3 is 2.24 bits per heavy atom. The molecule has 0 aliphatic heterocycles. The number of hydrogen-bond donors (Lipinski definition) is 2. The molecule has 0 bridgehead atoms. The first-order valence-electron chi connectivity index (χ1n) is 11.3. The van der Waals surface area contributed by atoms with Crippen molar-refractivity contribution in [1.82, 2.24) is 24.3 Å². The number of anilines is 2. The quantitative estimate of drug-likeness (QED) is 0.288. The molecule has 12 heteroatoms. The molecule has 0 aliphatic rings. The first kappa shape index (κ1) is 24.6. The number of aromatic nitrogens is 5. The molecule has 0 aliphatic carbocycles. The second-order valence-electron chi connectivity index (χ2n) is 8.17. The molecule has 2 N–H and O–H groups in total. The Morgan fingerprint density at radius 1 is 0.868 bits per heavy atom. The molecule has 5 aromatic rings. The minimum Gasteiger partial charge on any atom is -0.406 e. The zero-order valence-electron chi connectivity index (χ0n) is 19.8. The van der Waals surface area contributed by atoms with Gasteiger partial charge in [-0.15, -0.1) is 18.3 Å². The number of hydrogen-bond acceptors (Lipinski definition) is 5. The average Bonchev–Trinajstić information content (AvgIpc) is 3.55. The van der Waals surface area contributed by atoms with Crippen LogP contribution in [0.2, 0.25) is 0 Å². The SMILES string of the molecule is Cc1ccc(-n2ccnc2NC(=O)Nc2ccc(-c3ncn(-c4ccc(OC(F)(F)F)cc4)n3)cc2)cc1. The fraction of sp³-hybridized carbons (Fsp3) is 0.0769. The van der Waals surface area contributed by atoms with E-state index in [2.05, 4.69) is 30.4 Å². The maximum atomic E-state index is 12.6. The van der Waals surface area contributed by atoms with E-state index in [1.807, 2.05) is 31.2 Å². The van der Waals surface area contributed by atoms with Crippen molar-refractivity contribution in [3.05, 3.63) is 97.1 Å². The summed E-state index contributed by atoms with van der Waals surface area (Å²) < 4.78 is 44.1. The lowest BCUT2D eigenvalue weighted by atomic mass is 10.2. The molecular weight excluding hydrogens is 499 g/mol. The van der Waals surface area contributed by atoms with Crippen molar-refractivity contribution in [2.24, 2.45) is 0 Å². The molecule has 192 valence electrons. The van der Waals surface area contributed by atoms with Crippen molar-refractivity contribution in [3.8, 4) is 28.5 Å². The molecule has 0 saturated carbocycles. The highest BCUT2D eigenvalue weighted by Gasteiger charge is 2.31. The Balaban J connectivity index is 1.22. The number of amides is 2. The summed E-state index contributed by atoms with van der Waals surface area (Å²) in [4.78, 5) is 21.0. The highest BCUT2D eigenvalue weighted by atomic mass is 19.4. The van der Waals surface area contributed by atoms with Crippen molar-refractivity contribution < 1.29 is 22.7 Å². The van der Waals surface area contributed by atoms with Crippen LogP contribution in [0.25, 0.3) is 22.8 Å². The van der Waals surface area contributed by atoms with Gasteiger partial charge in [-0.2, -0.15) is 0 Å². The summed E-state index contributed by atoms with van der Waals surface area (Å²) in [5, 5.41) is 9.87. The van der Waals surface area contributed by atoms with E-state index < -0.39 is 12.4 Å². The van der Waals surface area contributed by atoms with Gasteiger partial charge in [-0.05, 0) is 67.6 Å². The first-order chi connectivity index (χ1) is 18.2. The van der Waals surface area contributed by atoms with Crippen LogP contribution in [-0.2, 0) is 0 Å². The van der Waals surface area contributed by atoms with E-state index in [0.29, 0.717) is 28.7 Å². The van der Waals surface area contributed by atoms with E-state index in [1.165, 1.54) is 35.3 Å². The number of halogens is 3. The molecule has 5 rings (SSSR count). The van der Waals surface area contributed by atoms with E-state index in [1.54, 1.807) is 41.2 Å². The van der Waals surface area contributed by atoms with E-state index in [9.17, 15) is 18.0 Å². The predicted octanol–water partition coefficient (Wildman–Crippen LogP) is 5.97. The topological polar surface area (TPSA) is 98.9 Å². The molecule has 0 radical (unpaired) electrons. The molecule has 0 unspecified atom stereocenters. The number of nitrogens with one attached hydrogen (secondary N) is 2. The third-order valence-corrected chi connectivity index (χ3v) is 5.41. The van der Waals surface area contributed by atoms with Crippen LogP contribution in [0.4, 0.5) is 29.6 Å². The van der Waals surface area contributed by atoms with Crippen molar-refractivity contribution in [3.63, 3.8) is 0 Å². The zero-order valence-corrected chi connectivity index (χ0v) is 19.8. The van der Waals surface area contributed by atoms with Crippen molar-refractivity contribution in [2.75, 3.05) is 10.6 Å². The van der Waals surface area contributed by atoms with Gasteiger partial charge in [0.25, 0.3) is 0 Å². The Kier molecular flexibility index (Phi) is 6.52. The summed E-state index contributed by atoms with van der Waals surface area (Å²) in [6.07, 6.45) is 0.0466. The number of nitrogens with zero attached hydrogens (tertiary/aromatic N) is 5. The van der Waals surface area contributed by atoms with Crippen LogP contribution >= 0.6 is 0 Å². The van der Waals surface area contributed by atoms with Gasteiger partial charge in [0.1, 0.15) is 12.1 Å². The van der Waals surface area contributed by atoms with Gasteiger partial charge in [-0.25, -0.2) is 19.4 Å². The number of aryl methyl sites for hydroxylation is 1. The van der Waals surface area contributed by atoms with Gasteiger partial charge in [0, 0.05) is 29.3 Å². The summed E-state index contributed by atoms with van der Waals surface area (Å²) in [6, 6.07) is 19.5. The van der Waals surface area contributed by atoms with E-state index in [4.69, 9.17) is 0 Å². The predicted molar refractivity (Wildman–Crippen MR) is 134 cm³/mol. The molecule has 38 heavy (non-hydrogen) atoms. The number of ether oxygens (including phenoxy) is 1. The molecule has 0 saturated heterocycles. The fourth-order valence-corrected chi connectivity index (χ4v) is 3.60. The smallest absolute Gasteiger partial charge is 0.406 e. The van der Waals surface area contributed by atoms with Crippen LogP contribution in [0.5, 0.6) is 5.75 Å². The standard InChI is InChI=1S/C26H20F3N7O2/c1-17-2-8-20(9-3-17)35-15-14-30-24(35)33-25(37)32-19-6-4-18(5-7-19)23-31-16-36(34-23)21-10-12-22(13-11-21)38-26(27,28)29/h2-16H,1H3,(H2,30,32,33,37). The number of alkyl halides is 3. The van der Waals surface area contributed by atoms with Crippen LogP contribution in [0.3, 0.4) is 0 Å². The van der Waals surface area contributed by atoms with Crippen molar-refractivity contribution in [2.45, 2.75) is 13.3 Å². The molecule has 0 fully saturated rings. The number of urea groups is 1. The molecule has 0 atom stereocenters. The summed E-state index contributed by atoms with van der Waals surface area (Å²) in [5.74, 6) is 0.445. The van der Waals surface area contributed by atoms with Gasteiger partial charge in [0.2, 0.25) is 5.95 Å². The third-order valence-electron chi connectivity index (χ3n) is 5.41. The Morgan fingerprint density at radius 2 is 1.55 bits per heavy atom. The summed E-state index contributed by atoms with van der Waals surface area (Å²) in [7, 11) is 0. The molecule has 3 aromatic carbocycles. The Hall–Kier alpha value is -5.13. The second-order valence-corrected chi connectivity index (χ2v) is 8.17. The van der Waals surface area contributed by atoms with Crippen LogP contribution in [0.1, 0.15) is 5.56 Å². The van der Waals surface area contributed by atoms with E-state index >= 15 is 0 Å². The van der Waals surface area contributed by atoms with Gasteiger partial charge < -0.3 is 10.1 Å². The monoisotopic (exact) mass is 519 g/mol. The minimum atomic E-state index is -4.76. The van der Waals surface area contributed by atoms with Gasteiger partial charge in [-0.3, -0.25) is 9.88 Å². The highest BCUT2D eigenvalue weighted by Crippen LogP contribution is 2.24. The lowest BCUT2D eigenvalue weighted by Crippen LogP contribution is -2.21. The lowest BCUT2D eigenvalue weighted by molar-refractivity contribution is -0.274. The zero-order chi connectivity index (χ0) is 26.7. The number of imidazole rings is 1. The highest BCUT2D eigenvalue weighted by molar-refractivity contribution is 5.99. The Labute approximate surface area is 214 Å². The van der Waals surface area contributed by atoms with Crippen LogP contribution in [0.15, 0.2) is 91.5 Å². The van der Waals surface area contributed by atoms with Crippen LogP contribution in [0, 0.1) is 6.92 Å². The first-order valence-corrected chi connectivity index (χ1v) is 11.3. The lowest BCUT2D eigenvalue weighted by Gasteiger charge is -2.10. The van der Waals surface area contributed by atoms with Crippen LogP contribution < -0.4 is 15.4 Å².